The zero-order valence-corrected chi connectivity index (χ0v) is 24.1. The second-order valence-electron chi connectivity index (χ2n) is 11.4. The molecule has 0 spiro atoms. The summed E-state index contributed by atoms with van der Waals surface area (Å²) in [5.74, 6) is -0.993. The molecule has 0 saturated heterocycles. The van der Waals surface area contributed by atoms with Gasteiger partial charge in [-0.15, -0.1) is 0 Å². The number of aliphatic hydroxyl groups excluding tert-OH is 1. The third-order valence-electron chi connectivity index (χ3n) is 8.02. The van der Waals surface area contributed by atoms with E-state index in [9.17, 15) is 24.6 Å². The van der Waals surface area contributed by atoms with Crippen molar-refractivity contribution >= 4 is 23.6 Å². The highest BCUT2D eigenvalue weighted by Gasteiger charge is 2.34. The van der Waals surface area contributed by atoms with E-state index >= 15 is 0 Å². The summed E-state index contributed by atoms with van der Waals surface area (Å²) in [7, 11) is 1.96. The molecule has 10 heteroatoms. The lowest BCUT2D eigenvalue weighted by Gasteiger charge is -2.38. The highest BCUT2D eigenvalue weighted by molar-refractivity contribution is 6.01. The lowest BCUT2D eigenvalue weighted by molar-refractivity contribution is 0.0343. The van der Waals surface area contributed by atoms with Gasteiger partial charge in [-0.05, 0) is 56.6 Å². The Balaban J connectivity index is 1.58. The van der Waals surface area contributed by atoms with Gasteiger partial charge in [0.2, 0.25) is 0 Å². The maximum Gasteiger partial charge on any atom is 0.335 e. The number of carboxylic acid groups (broad SMARTS) is 1. The fourth-order valence-corrected chi connectivity index (χ4v) is 5.59. The predicted molar refractivity (Wildman–Crippen MR) is 156 cm³/mol. The Morgan fingerprint density at radius 1 is 1.12 bits per heavy atom. The molecule has 222 valence electrons. The second kappa shape index (κ2) is 13.8. The van der Waals surface area contributed by atoms with Crippen molar-refractivity contribution in [2.75, 3.05) is 32.1 Å². The molecule has 1 fully saturated rings. The van der Waals surface area contributed by atoms with E-state index in [1.165, 1.54) is 6.42 Å². The molecular weight excluding hydrogens is 524 g/mol. The number of nitrogens with zero attached hydrogens (tertiary/aromatic N) is 2. The van der Waals surface area contributed by atoms with Gasteiger partial charge >= 0.3 is 12.0 Å². The van der Waals surface area contributed by atoms with E-state index in [0.29, 0.717) is 36.6 Å². The van der Waals surface area contributed by atoms with Gasteiger partial charge in [0.05, 0.1) is 29.5 Å². The number of benzene rings is 2. The van der Waals surface area contributed by atoms with Crippen LogP contribution in [-0.4, -0.2) is 82.9 Å². The van der Waals surface area contributed by atoms with E-state index in [-0.39, 0.29) is 42.2 Å². The summed E-state index contributed by atoms with van der Waals surface area (Å²) >= 11 is 0. The number of anilines is 1. The number of carbonyl (C=O) groups is 3. The van der Waals surface area contributed by atoms with Crippen LogP contribution in [-0.2, 0) is 6.54 Å². The van der Waals surface area contributed by atoms with Gasteiger partial charge in [-0.1, -0.05) is 44.4 Å². The molecule has 3 atom stereocenters. The average molecular weight is 567 g/mol. The average Bonchev–Trinajstić information content (AvgIpc) is 2.95. The molecule has 1 saturated carbocycles. The largest absolute Gasteiger partial charge is 0.486 e. The molecule has 2 aromatic carbocycles. The van der Waals surface area contributed by atoms with Crippen LogP contribution in [0.4, 0.5) is 10.5 Å². The molecule has 3 amide bonds. The zero-order chi connectivity index (χ0) is 29.5. The number of hydrogen-bond acceptors (Lipinski definition) is 6. The van der Waals surface area contributed by atoms with Crippen molar-refractivity contribution in [1.29, 1.82) is 0 Å². The lowest BCUT2D eigenvalue weighted by atomic mass is 9.96. The minimum Gasteiger partial charge on any atom is -0.486 e. The summed E-state index contributed by atoms with van der Waals surface area (Å²) in [5, 5.41) is 25.1. The lowest BCUT2D eigenvalue weighted by Crippen LogP contribution is -2.50. The molecular formula is C31H42N4O6. The standard InChI is InChI=1S/C31H42N4O6/c1-20-16-35(21(2)19-36)29(37)25-10-7-11-26(33-31(40)32-24-8-5-4-6-9-24)28(25)41-27(20)18-34(3)17-22-12-14-23(15-13-22)30(38)39/h7,10-15,20-21,24,27,36H,4-6,8-9,16-19H2,1-3H3,(H,38,39)(H2,32,33,40)/t20-,21-,27-/m0/s1. The Morgan fingerprint density at radius 3 is 2.49 bits per heavy atom. The van der Waals surface area contributed by atoms with Crippen molar-refractivity contribution in [2.45, 2.75) is 70.7 Å². The van der Waals surface area contributed by atoms with Crippen molar-refractivity contribution in [3.8, 4) is 5.75 Å². The third kappa shape index (κ3) is 7.77. The van der Waals surface area contributed by atoms with Gasteiger partial charge in [-0.25, -0.2) is 9.59 Å². The van der Waals surface area contributed by atoms with Gasteiger partial charge in [0.15, 0.2) is 5.75 Å². The van der Waals surface area contributed by atoms with Crippen LogP contribution < -0.4 is 15.4 Å². The van der Waals surface area contributed by atoms with Crippen LogP contribution >= 0.6 is 0 Å². The number of aliphatic hydroxyl groups is 1. The first-order valence-electron chi connectivity index (χ1n) is 14.5. The van der Waals surface area contributed by atoms with Crippen LogP contribution in [0.1, 0.15) is 72.2 Å². The number of carboxylic acids is 1. The summed E-state index contributed by atoms with van der Waals surface area (Å²) in [5.41, 5.74) is 1.96. The molecule has 0 bridgehead atoms. The molecule has 4 rings (SSSR count). The normalized spacial score (nSPS) is 20.4. The minimum absolute atomic E-state index is 0.0953. The second-order valence-corrected chi connectivity index (χ2v) is 11.4. The van der Waals surface area contributed by atoms with Gasteiger partial charge in [0.1, 0.15) is 6.10 Å². The fraction of sp³-hybridized carbons (Fsp3) is 0.516. The molecule has 4 N–H and O–H groups in total. The topological polar surface area (TPSA) is 131 Å². The predicted octanol–water partition coefficient (Wildman–Crippen LogP) is 4.19. The van der Waals surface area contributed by atoms with E-state index in [0.717, 1.165) is 31.2 Å². The Hall–Kier alpha value is -3.63. The SMILES string of the molecule is C[C@H]1CN([C@@H](C)CO)C(=O)c2cccc(NC(=O)NC3CCCCC3)c2O[C@H]1CN(C)Cc1ccc(C(=O)O)cc1. The van der Waals surface area contributed by atoms with Crippen molar-refractivity contribution < 1.29 is 29.3 Å². The first-order valence-corrected chi connectivity index (χ1v) is 14.5. The Bertz CT molecular complexity index is 1210. The molecule has 41 heavy (non-hydrogen) atoms. The number of rotatable bonds is 9. The number of nitrogens with one attached hydrogen (secondary N) is 2. The highest BCUT2D eigenvalue weighted by atomic mass is 16.5. The van der Waals surface area contributed by atoms with Crippen LogP contribution in [0.15, 0.2) is 42.5 Å². The van der Waals surface area contributed by atoms with Gasteiger partial charge in [0.25, 0.3) is 5.91 Å². The number of ether oxygens (including phenoxy) is 1. The van der Waals surface area contributed by atoms with Crippen LogP contribution in [0.3, 0.4) is 0 Å². The number of likely N-dealkylation sites (N-methyl/N-ethyl adjacent to an activating group) is 1. The summed E-state index contributed by atoms with van der Waals surface area (Å²) in [6.07, 6.45) is 4.94. The Labute approximate surface area is 241 Å². The zero-order valence-electron chi connectivity index (χ0n) is 24.1. The highest BCUT2D eigenvalue weighted by Crippen LogP contribution is 2.35. The van der Waals surface area contributed by atoms with E-state index in [4.69, 9.17) is 4.74 Å². The Kier molecular flexibility index (Phi) is 10.2. The van der Waals surface area contributed by atoms with E-state index < -0.39 is 12.0 Å². The van der Waals surface area contributed by atoms with Gasteiger partial charge < -0.3 is 30.5 Å². The smallest absolute Gasteiger partial charge is 0.335 e. The molecule has 0 radical (unpaired) electrons. The number of hydrogen-bond donors (Lipinski definition) is 4. The number of urea groups is 1. The van der Waals surface area contributed by atoms with E-state index in [1.54, 1.807) is 47.4 Å². The monoisotopic (exact) mass is 566 g/mol. The first kappa shape index (κ1) is 30.3. The van der Waals surface area contributed by atoms with Crippen molar-refractivity contribution in [2.24, 2.45) is 5.92 Å². The summed E-state index contributed by atoms with van der Waals surface area (Å²) in [4.78, 5) is 41.6. The van der Waals surface area contributed by atoms with Crippen molar-refractivity contribution in [3.05, 3.63) is 59.2 Å². The fourth-order valence-electron chi connectivity index (χ4n) is 5.59. The van der Waals surface area contributed by atoms with Crippen molar-refractivity contribution in [3.63, 3.8) is 0 Å². The molecule has 10 nitrogen and oxygen atoms in total. The number of para-hydroxylation sites is 1. The number of fused-ring (bicyclic) bond motifs is 1. The van der Waals surface area contributed by atoms with E-state index in [2.05, 4.69) is 15.5 Å². The number of carbonyl (C=O) groups excluding carboxylic acids is 2. The maximum absolute atomic E-state index is 13.7. The molecule has 2 aromatic rings. The van der Waals surface area contributed by atoms with Gasteiger partial charge in [-0.3, -0.25) is 9.69 Å². The molecule has 1 aliphatic heterocycles. The summed E-state index contributed by atoms with van der Waals surface area (Å²) in [6.45, 7) is 5.13. The molecule has 0 unspecified atom stereocenters. The number of amides is 3. The van der Waals surface area contributed by atoms with Crippen molar-refractivity contribution in [1.82, 2.24) is 15.1 Å². The molecule has 1 heterocycles. The van der Waals surface area contributed by atoms with Crippen LogP contribution in [0.2, 0.25) is 0 Å². The quantitative estimate of drug-likeness (QED) is 0.358. The van der Waals surface area contributed by atoms with Gasteiger partial charge in [0, 0.05) is 31.6 Å². The summed E-state index contributed by atoms with van der Waals surface area (Å²) < 4.78 is 6.59. The van der Waals surface area contributed by atoms with Crippen LogP contribution in [0.25, 0.3) is 0 Å². The summed E-state index contributed by atoms with van der Waals surface area (Å²) in [6, 6.07) is 11.3. The maximum atomic E-state index is 13.7. The minimum atomic E-state index is -0.964. The molecule has 2 aliphatic rings. The van der Waals surface area contributed by atoms with Crippen LogP contribution in [0, 0.1) is 5.92 Å². The van der Waals surface area contributed by atoms with E-state index in [1.807, 2.05) is 20.9 Å². The van der Waals surface area contributed by atoms with Gasteiger partial charge in [-0.2, -0.15) is 0 Å². The Morgan fingerprint density at radius 2 is 1.83 bits per heavy atom. The first-order chi connectivity index (χ1) is 19.7. The molecule has 0 aromatic heterocycles. The number of aromatic carboxylic acids is 1. The third-order valence-corrected chi connectivity index (χ3v) is 8.02. The van der Waals surface area contributed by atoms with Crippen LogP contribution in [0.5, 0.6) is 5.75 Å². The molecule has 1 aliphatic carbocycles.